The van der Waals surface area contributed by atoms with Crippen LogP contribution in [0.5, 0.6) is 0 Å². The van der Waals surface area contributed by atoms with Gasteiger partial charge >= 0.3 is 0 Å². The molecule has 1 heterocycles. The van der Waals surface area contributed by atoms with Crippen molar-refractivity contribution in [2.45, 2.75) is 31.7 Å². The van der Waals surface area contributed by atoms with Crippen LogP contribution in [0.25, 0.3) is 0 Å². The number of hydrogen-bond acceptors (Lipinski definition) is 3. The van der Waals surface area contributed by atoms with Gasteiger partial charge in [-0.1, -0.05) is 0 Å². The molecule has 106 valence electrons. The van der Waals surface area contributed by atoms with Crippen molar-refractivity contribution >= 4 is 23.2 Å². The maximum absolute atomic E-state index is 11.9. The summed E-state index contributed by atoms with van der Waals surface area (Å²) in [5.41, 5.74) is 1.53. The van der Waals surface area contributed by atoms with E-state index in [-0.39, 0.29) is 23.8 Å². The highest BCUT2D eigenvalue weighted by Crippen LogP contribution is 2.30. The van der Waals surface area contributed by atoms with Crippen LogP contribution in [0, 0.1) is 5.92 Å². The van der Waals surface area contributed by atoms with Crippen molar-refractivity contribution in [1.82, 2.24) is 5.32 Å². The molecule has 5 nitrogen and oxygen atoms in total. The molecule has 1 saturated heterocycles. The highest BCUT2D eigenvalue weighted by atomic mass is 16.2. The van der Waals surface area contributed by atoms with E-state index in [0.29, 0.717) is 0 Å². The number of carbonyl (C=O) groups excluding carboxylic acids is 2. The Hall–Kier alpha value is -1.88. The number of hydrogen-bond donors (Lipinski definition) is 3. The molecule has 1 aromatic rings. The standard InChI is InChI=1S/C15H19N3O2/c19-14(10-3-4-10)17-11-5-7-12(8-6-11)18-15(20)13-2-1-9-16-13/h5-8,10,13,16H,1-4,9H2,(H,17,19)(H,18,20). The Morgan fingerprint density at radius 1 is 0.950 bits per heavy atom. The number of anilines is 2. The van der Waals surface area contributed by atoms with E-state index in [4.69, 9.17) is 0 Å². The normalized spacial score (nSPS) is 21.5. The third-order valence-electron chi connectivity index (χ3n) is 3.74. The molecule has 1 aromatic carbocycles. The van der Waals surface area contributed by atoms with Crippen molar-refractivity contribution in [2.24, 2.45) is 5.92 Å². The Balaban J connectivity index is 1.55. The van der Waals surface area contributed by atoms with Crippen LogP contribution in [0.2, 0.25) is 0 Å². The molecule has 1 aliphatic heterocycles. The Bertz CT molecular complexity index is 502. The quantitative estimate of drug-likeness (QED) is 0.782. The minimum absolute atomic E-state index is 0.0114. The summed E-state index contributed by atoms with van der Waals surface area (Å²) >= 11 is 0. The second kappa shape index (κ2) is 5.63. The minimum Gasteiger partial charge on any atom is -0.326 e. The van der Waals surface area contributed by atoms with Crippen molar-refractivity contribution in [2.75, 3.05) is 17.2 Å². The van der Waals surface area contributed by atoms with Crippen LogP contribution in [0.4, 0.5) is 11.4 Å². The van der Waals surface area contributed by atoms with Gasteiger partial charge in [0.15, 0.2) is 0 Å². The molecule has 1 unspecified atom stereocenters. The molecule has 2 amide bonds. The van der Waals surface area contributed by atoms with Gasteiger partial charge < -0.3 is 16.0 Å². The van der Waals surface area contributed by atoms with Gasteiger partial charge in [0, 0.05) is 17.3 Å². The lowest BCUT2D eigenvalue weighted by Crippen LogP contribution is -2.35. The molecule has 0 radical (unpaired) electrons. The van der Waals surface area contributed by atoms with Crippen LogP contribution in [0.1, 0.15) is 25.7 Å². The molecular weight excluding hydrogens is 254 g/mol. The SMILES string of the molecule is O=C(Nc1ccc(NC(=O)C2CCCN2)cc1)C1CC1. The van der Waals surface area contributed by atoms with Crippen LogP contribution < -0.4 is 16.0 Å². The van der Waals surface area contributed by atoms with E-state index in [0.717, 1.165) is 43.6 Å². The average Bonchev–Trinajstić information content (AvgIpc) is 3.16. The predicted octanol–water partition coefficient (Wildman–Crippen LogP) is 1.73. The van der Waals surface area contributed by atoms with Crippen molar-refractivity contribution < 1.29 is 9.59 Å². The lowest BCUT2D eigenvalue weighted by molar-refractivity contribution is -0.118. The van der Waals surface area contributed by atoms with Gasteiger partial charge in [0.1, 0.15) is 0 Å². The summed E-state index contributed by atoms with van der Waals surface area (Å²) in [6.07, 6.45) is 3.92. The van der Waals surface area contributed by atoms with Crippen LogP contribution >= 0.6 is 0 Å². The Morgan fingerprint density at radius 3 is 2.05 bits per heavy atom. The topological polar surface area (TPSA) is 70.2 Å². The van der Waals surface area contributed by atoms with Crippen molar-refractivity contribution in [1.29, 1.82) is 0 Å². The monoisotopic (exact) mass is 273 g/mol. The summed E-state index contributed by atoms with van der Waals surface area (Å²) in [4.78, 5) is 23.6. The summed E-state index contributed by atoms with van der Waals surface area (Å²) in [5.74, 6) is 0.303. The largest absolute Gasteiger partial charge is 0.326 e. The van der Waals surface area contributed by atoms with E-state index >= 15 is 0 Å². The third-order valence-corrected chi connectivity index (χ3v) is 3.74. The zero-order valence-electron chi connectivity index (χ0n) is 11.3. The maximum Gasteiger partial charge on any atom is 0.241 e. The summed E-state index contributed by atoms with van der Waals surface area (Å²) in [5, 5.41) is 8.93. The lowest BCUT2D eigenvalue weighted by atomic mass is 10.2. The van der Waals surface area contributed by atoms with Gasteiger partial charge in [-0.2, -0.15) is 0 Å². The highest BCUT2D eigenvalue weighted by Gasteiger charge is 2.29. The molecule has 5 heteroatoms. The van der Waals surface area contributed by atoms with Gasteiger partial charge in [-0.05, 0) is 56.5 Å². The van der Waals surface area contributed by atoms with Gasteiger partial charge in [0.2, 0.25) is 11.8 Å². The first-order valence-electron chi connectivity index (χ1n) is 7.17. The first kappa shape index (κ1) is 13.1. The van der Waals surface area contributed by atoms with Gasteiger partial charge in [-0.15, -0.1) is 0 Å². The van der Waals surface area contributed by atoms with Crippen molar-refractivity contribution in [3.05, 3.63) is 24.3 Å². The number of rotatable bonds is 4. The Kier molecular flexibility index (Phi) is 3.69. The fourth-order valence-corrected chi connectivity index (χ4v) is 2.36. The first-order valence-corrected chi connectivity index (χ1v) is 7.17. The zero-order chi connectivity index (χ0) is 13.9. The Morgan fingerprint density at radius 2 is 1.55 bits per heavy atom. The lowest BCUT2D eigenvalue weighted by Gasteiger charge is -2.11. The van der Waals surface area contributed by atoms with Crippen molar-refractivity contribution in [3.8, 4) is 0 Å². The molecule has 20 heavy (non-hydrogen) atoms. The Labute approximate surface area is 118 Å². The molecular formula is C15H19N3O2. The smallest absolute Gasteiger partial charge is 0.241 e. The zero-order valence-corrected chi connectivity index (χ0v) is 11.3. The minimum atomic E-state index is -0.0794. The van der Waals surface area contributed by atoms with Gasteiger partial charge in [0.05, 0.1) is 6.04 Å². The molecule has 1 atom stereocenters. The summed E-state index contributed by atoms with van der Waals surface area (Å²) in [7, 11) is 0. The van der Waals surface area contributed by atoms with E-state index in [9.17, 15) is 9.59 Å². The fourth-order valence-electron chi connectivity index (χ4n) is 2.36. The number of amides is 2. The summed E-state index contributed by atoms with van der Waals surface area (Å²) in [6.45, 7) is 0.907. The maximum atomic E-state index is 11.9. The summed E-state index contributed by atoms with van der Waals surface area (Å²) < 4.78 is 0. The number of nitrogens with one attached hydrogen (secondary N) is 3. The van der Waals surface area contributed by atoms with E-state index in [1.165, 1.54) is 0 Å². The molecule has 0 aromatic heterocycles. The van der Waals surface area contributed by atoms with E-state index < -0.39 is 0 Å². The number of carbonyl (C=O) groups is 2. The molecule has 0 bridgehead atoms. The van der Waals surface area contributed by atoms with Crippen LogP contribution in [0.3, 0.4) is 0 Å². The van der Waals surface area contributed by atoms with Crippen LogP contribution in [-0.2, 0) is 9.59 Å². The molecule has 3 rings (SSSR count). The highest BCUT2D eigenvalue weighted by molar-refractivity contribution is 5.96. The average molecular weight is 273 g/mol. The molecule has 2 aliphatic rings. The van der Waals surface area contributed by atoms with E-state index in [2.05, 4.69) is 16.0 Å². The van der Waals surface area contributed by atoms with E-state index in [1.807, 2.05) is 24.3 Å². The predicted molar refractivity (Wildman–Crippen MR) is 77.5 cm³/mol. The van der Waals surface area contributed by atoms with E-state index in [1.54, 1.807) is 0 Å². The van der Waals surface area contributed by atoms with Crippen LogP contribution in [0.15, 0.2) is 24.3 Å². The third kappa shape index (κ3) is 3.17. The molecule has 2 fully saturated rings. The van der Waals surface area contributed by atoms with Crippen LogP contribution in [-0.4, -0.2) is 24.4 Å². The van der Waals surface area contributed by atoms with Gasteiger partial charge in [0.25, 0.3) is 0 Å². The van der Waals surface area contributed by atoms with Crippen molar-refractivity contribution in [3.63, 3.8) is 0 Å². The van der Waals surface area contributed by atoms with Gasteiger partial charge in [-0.3, -0.25) is 9.59 Å². The molecule has 3 N–H and O–H groups in total. The fraction of sp³-hybridized carbons (Fsp3) is 0.467. The number of benzene rings is 1. The molecule has 1 saturated carbocycles. The van der Waals surface area contributed by atoms with Gasteiger partial charge in [-0.25, -0.2) is 0 Å². The second-order valence-corrected chi connectivity index (χ2v) is 5.48. The first-order chi connectivity index (χ1) is 9.72. The summed E-state index contributed by atoms with van der Waals surface area (Å²) in [6, 6.07) is 7.19. The molecule has 0 spiro atoms. The molecule has 1 aliphatic carbocycles. The second-order valence-electron chi connectivity index (χ2n) is 5.48.